The van der Waals surface area contributed by atoms with E-state index in [9.17, 15) is 0 Å². The summed E-state index contributed by atoms with van der Waals surface area (Å²) in [5.41, 5.74) is 2.69. The van der Waals surface area contributed by atoms with Gasteiger partial charge in [0.25, 0.3) is 0 Å². The SMILES string of the molecule is CNCC1CCN(c2ccc(OCCCc3ccccc3)cc2)C1. The van der Waals surface area contributed by atoms with Gasteiger partial charge in [0, 0.05) is 18.8 Å². The number of anilines is 1. The van der Waals surface area contributed by atoms with Crippen LogP contribution in [0.15, 0.2) is 54.6 Å². The molecule has 1 N–H and O–H groups in total. The zero-order valence-electron chi connectivity index (χ0n) is 14.6. The van der Waals surface area contributed by atoms with Gasteiger partial charge in [-0.05, 0) is 68.6 Å². The fraction of sp³-hybridized carbons (Fsp3) is 0.429. The van der Waals surface area contributed by atoms with Crippen molar-refractivity contribution in [2.45, 2.75) is 19.3 Å². The number of ether oxygens (including phenoxy) is 1. The zero-order valence-corrected chi connectivity index (χ0v) is 14.6. The monoisotopic (exact) mass is 324 g/mol. The highest BCUT2D eigenvalue weighted by molar-refractivity contribution is 5.49. The number of nitrogens with one attached hydrogen (secondary N) is 1. The summed E-state index contributed by atoms with van der Waals surface area (Å²) in [6.07, 6.45) is 3.39. The van der Waals surface area contributed by atoms with Gasteiger partial charge in [-0.15, -0.1) is 0 Å². The Morgan fingerprint density at radius 1 is 1.08 bits per heavy atom. The highest BCUT2D eigenvalue weighted by Gasteiger charge is 2.21. The average Bonchev–Trinajstić information content (AvgIpc) is 3.09. The van der Waals surface area contributed by atoms with Crippen molar-refractivity contribution in [3.05, 3.63) is 60.2 Å². The second-order valence-corrected chi connectivity index (χ2v) is 6.59. The Labute approximate surface area is 145 Å². The number of benzene rings is 2. The summed E-state index contributed by atoms with van der Waals surface area (Å²) in [5, 5.41) is 3.28. The zero-order chi connectivity index (χ0) is 16.6. The van der Waals surface area contributed by atoms with E-state index in [1.165, 1.54) is 17.7 Å². The molecule has 1 saturated heterocycles. The summed E-state index contributed by atoms with van der Waals surface area (Å²) in [7, 11) is 2.03. The molecule has 24 heavy (non-hydrogen) atoms. The predicted octanol–water partition coefficient (Wildman–Crippen LogP) is 3.74. The Balaban J connectivity index is 1.42. The third-order valence-electron chi connectivity index (χ3n) is 4.70. The van der Waals surface area contributed by atoms with Crippen LogP contribution in [0.25, 0.3) is 0 Å². The van der Waals surface area contributed by atoms with E-state index in [0.29, 0.717) is 0 Å². The van der Waals surface area contributed by atoms with Gasteiger partial charge in [-0.25, -0.2) is 0 Å². The first-order valence-electron chi connectivity index (χ1n) is 9.01. The van der Waals surface area contributed by atoms with Gasteiger partial charge in [-0.2, -0.15) is 0 Å². The van der Waals surface area contributed by atoms with Crippen molar-refractivity contribution in [2.75, 3.05) is 38.2 Å². The van der Waals surface area contributed by atoms with Crippen LogP contribution in [-0.4, -0.2) is 33.3 Å². The summed E-state index contributed by atoms with van der Waals surface area (Å²) in [5.74, 6) is 1.74. The summed E-state index contributed by atoms with van der Waals surface area (Å²) >= 11 is 0. The molecule has 2 aromatic carbocycles. The standard InChI is InChI=1S/C21H28N2O/c1-22-16-19-13-14-23(17-19)20-9-11-21(12-10-20)24-15-5-8-18-6-3-2-4-7-18/h2-4,6-7,9-12,19,22H,5,8,13-17H2,1H3. The molecule has 1 atom stereocenters. The first-order valence-corrected chi connectivity index (χ1v) is 9.01. The van der Waals surface area contributed by atoms with Crippen LogP contribution in [0.1, 0.15) is 18.4 Å². The molecule has 0 amide bonds. The topological polar surface area (TPSA) is 24.5 Å². The van der Waals surface area contributed by atoms with Crippen LogP contribution in [0.2, 0.25) is 0 Å². The molecular weight excluding hydrogens is 296 g/mol. The van der Waals surface area contributed by atoms with Gasteiger partial charge in [0.1, 0.15) is 5.75 Å². The minimum atomic E-state index is 0.766. The number of rotatable bonds is 8. The van der Waals surface area contributed by atoms with Crippen LogP contribution >= 0.6 is 0 Å². The lowest BCUT2D eigenvalue weighted by Gasteiger charge is -2.19. The molecule has 128 valence electrons. The number of hydrogen-bond donors (Lipinski definition) is 1. The summed E-state index contributed by atoms with van der Waals surface area (Å²) in [4.78, 5) is 2.47. The van der Waals surface area contributed by atoms with Crippen molar-refractivity contribution in [3.63, 3.8) is 0 Å². The largest absolute Gasteiger partial charge is 0.494 e. The molecule has 0 spiro atoms. The fourth-order valence-corrected chi connectivity index (χ4v) is 3.39. The van der Waals surface area contributed by atoms with Gasteiger partial charge in [0.2, 0.25) is 0 Å². The molecule has 2 aromatic rings. The van der Waals surface area contributed by atoms with Gasteiger partial charge < -0.3 is 15.0 Å². The number of hydrogen-bond acceptors (Lipinski definition) is 3. The predicted molar refractivity (Wildman–Crippen MR) is 101 cm³/mol. The maximum Gasteiger partial charge on any atom is 0.119 e. The van der Waals surface area contributed by atoms with Crippen molar-refractivity contribution in [1.29, 1.82) is 0 Å². The van der Waals surface area contributed by atoms with Crippen molar-refractivity contribution in [3.8, 4) is 5.75 Å². The Hall–Kier alpha value is -2.00. The molecule has 1 heterocycles. The maximum absolute atomic E-state index is 5.88. The van der Waals surface area contributed by atoms with E-state index in [-0.39, 0.29) is 0 Å². The summed E-state index contributed by atoms with van der Waals surface area (Å²) < 4.78 is 5.88. The Morgan fingerprint density at radius 3 is 2.62 bits per heavy atom. The van der Waals surface area contributed by atoms with Gasteiger partial charge in [-0.1, -0.05) is 30.3 Å². The summed E-state index contributed by atoms with van der Waals surface area (Å²) in [6.45, 7) is 4.18. The van der Waals surface area contributed by atoms with E-state index < -0.39 is 0 Å². The molecule has 0 aliphatic carbocycles. The first kappa shape index (κ1) is 16.8. The maximum atomic E-state index is 5.88. The highest BCUT2D eigenvalue weighted by atomic mass is 16.5. The van der Waals surface area contributed by atoms with Gasteiger partial charge in [0.15, 0.2) is 0 Å². The third kappa shape index (κ3) is 4.75. The van der Waals surface area contributed by atoms with E-state index in [0.717, 1.165) is 50.8 Å². The van der Waals surface area contributed by atoms with E-state index in [2.05, 4.69) is 64.8 Å². The smallest absolute Gasteiger partial charge is 0.119 e. The lowest BCUT2D eigenvalue weighted by Crippen LogP contribution is -2.24. The summed E-state index contributed by atoms with van der Waals surface area (Å²) in [6, 6.07) is 19.2. The van der Waals surface area contributed by atoms with Crippen molar-refractivity contribution in [2.24, 2.45) is 5.92 Å². The lowest BCUT2D eigenvalue weighted by molar-refractivity contribution is 0.311. The normalized spacial score (nSPS) is 17.2. The van der Waals surface area contributed by atoms with Crippen LogP contribution in [0.3, 0.4) is 0 Å². The molecule has 1 aliphatic heterocycles. The van der Waals surface area contributed by atoms with E-state index >= 15 is 0 Å². The molecule has 1 unspecified atom stereocenters. The number of aryl methyl sites for hydroxylation is 1. The molecular formula is C21H28N2O. The quantitative estimate of drug-likeness (QED) is 0.749. The Morgan fingerprint density at radius 2 is 1.88 bits per heavy atom. The van der Waals surface area contributed by atoms with Crippen molar-refractivity contribution in [1.82, 2.24) is 5.32 Å². The number of nitrogens with zero attached hydrogens (tertiary/aromatic N) is 1. The van der Waals surface area contributed by atoms with E-state index in [1.54, 1.807) is 0 Å². The molecule has 0 radical (unpaired) electrons. The van der Waals surface area contributed by atoms with Gasteiger partial charge >= 0.3 is 0 Å². The fourth-order valence-electron chi connectivity index (χ4n) is 3.39. The highest BCUT2D eigenvalue weighted by Crippen LogP contribution is 2.25. The molecule has 1 fully saturated rings. The van der Waals surface area contributed by atoms with Crippen LogP contribution in [0.5, 0.6) is 5.75 Å². The Kier molecular flexibility index (Phi) is 6.13. The molecule has 0 bridgehead atoms. The average molecular weight is 324 g/mol. The minimum Gasteiger partial charge on any atom is -0.494 e. The van der Waals surface area contributed by atoms with Crippen LogP contribution in [-0.2, 0) is 6.42 Å². The second kappa shape index (κ2) is 8.74. The Bertz CT molecular complexity index is 597. The molecule has 0 aromatic heterocycles. The molecule has 3 rings (SSSR count). The third-order valence-corrected chi connectivity index (χ3v) is 4.70. The molecule has 0 saturated carbocycles. The van der Waals surface area contributed by atoms with E-state index in [4.69, 9.17) is 4.74 Å². The van der Waals surface area contributed by atoms with Crippen molar-refractivity contribution < 1.29 is 4.74 Å². The lowest BCUT2D eigenvalue weighted by atomic mass is 10.1. The molecule has 3 heteroatoms. The first-order chi connectivity index (χ1) is 11.8. The van der Waals surface area contributed by atoms with Crippen LogP contribution < -0.4 is 15.0 Å². The van der Waals surface area contributed by atoms with Gasteiger partial charge in [0.05, 0.1) is 6.61 Å². The second-order valence-electron chi connectivity index (χ2n) is 6.59. The van der Waals surface area contributed by atoms with Gasteiger partial charge in [-0.3, -0.25) is 0 Å². The minimum absolute atomic E-state index is 0.766. The molecule has 1 aliphatic rings. The van der Waals surface area contributed by atoms with Crippen LogP contribution in [0, 0.1) is 5.92 Å². The van der Waals surface area contributed by atoms with Crippen molar-refractivity contribution >= 4 is 5.69 Å². The van der Waals surface area contributed by atoms with Crippen LogP contribution in [0.4, 0.5) is 5.69 Å². The van der Waals surface area contributed by atoms with E-state index in [1.807, 2.05) is 7.05 Å². The molecule has 3 nitrogen and oxygen atoms in total.